The molecule has 0 radical (unpaired) electrons. The number of aromatic nitrogens is 3. The fourth-order valence-corrected chi connectivity index (χ4v) is 5.18. The zero-order valence-electron chi connectivity index (χ0n) is 20.5. The van der Waals surface area contributed by atoms with Crippen LogP contribution in [0.1, 0.15) is 48.0 Å². The van der Waals surface area contributed by atoms with E-state index in [-0.39, 0.29) is 5.91 Å². The van der Waals surface area contributed by atoms with Crippen LogP contribution in [-0.2, 0) is 4.74 Å². The number of rotatable bonds is 5. The van der Waals surface area contributed by atoms with Crippen molar-refractivity contribution in [3.8, 4) is 17.6 Å². The third-order valence-electron chi connectivity index (χ3n) is 7.06. The SMILES string of the molecule is N#Cc1c[nH]c2nc(Nc3ccc(C(=O)N4CCOCC4)c4c3OCCO4)nc(NC3CCCCC3)c12. The molecule has 11 heteroatoms. The number of carbonyl (C=O) groups excluding carboxylic acids is 1. The van der Waals surface area contributed by atoms with Gasteiger partial charge in [-0.05, 0) is 25.0 Å². The fraction of sp³-hybridized carbons (Fsp3) is 0.462. The van der Waals surface area contributed by atoms with Gasteiger partial charge in [0.25, 0.3) is 5.91 Å². The molecule has 1 aromatic carbocycles. The molecule has 0 unspecified atom stereocenters. The molecule has 3 aliphatic rings. The molecular weight excluding hydrogens is 474 g/mol. The van der Waals surface area contributed by atoms with Crippen molar-refractivity contribution in [3.63, 3.8) is 0 Å². The summed E-state index contributed by atoms with van der Waals surface area (Å²) in [6.45, 7) is 2.85. The van der Waals surface area contributed by atoms with Crippen molar-refractivity contribution in [2.75, 3.05) is 50.2 Å². The highest BCUT2D eigenvalue weighted by atomic mass is 16.6. The molecule has 0 atom stereocenters. The van der Waals surface area contributed by atoms with Crippen LogP contribution in [0.2, 0.25) is 0 Å². The van der Waals surface area contributed by atoms with Gasteiger partial charge >= 0.3 is 0 Å². The number of amides is 1. The molecule has 37 heavy (non-hydrogen) atoms. The molecule has 3 aromatic rings. The Balaban J connectivity index is 1.34. The summed E-state index contributed by atoms with van der Waals surface area (Å²) in [5.41, 5.74) is 2.13. The smallest absolute Gasteiger partial charge is 0.257 e. The van der Waals surface area contributed by atoms with E-state index in [1.165, 1.54) is 19.3 Å². The second-order valence-electron chi connectivity index (χ2n) is 9.46. The second kappa shape index (κ2) is 10.1. The Morgan fingerprint density at radius 1 is 1.05 bits per heavy atom. The van der Waals surface area contributed by atoms with Crippen LogP contribution in [-0.4, -0.2) is 71.3 Å². The zero-order valence-corrected chi connectivity index (χ0v) is 20.5. The normalized spacial score (nSPS) is 17.9. The monoisotopic (exact) mass is 503 g/mol. The van der Waals surface area contributed by atoms with E-state index in [1.807, 2.05) is 0 Å². The molecule has 11 nitrogen and oxygen atoms in total. The van der Waals surface area contributed by atoms with Crippen molar-refractivity contribution in [1.29, 1.82) is 5.26 Å². The maximum absolute atomic E-state index is 13.2. The number of benzene rings is 1. The van der Waals surface area contributed by atoms with E-state index >= 15 is 0 Å². The third kappa shape index (κ3) is 4.60. The van der Waals surface area contributed by atoms with Crippen molar-refractivity contribution in [3.05, 3.63) is 29.5 Å². The average Bonchev–Trinajstić information content (AvgIpc) is 3.37. The van der Waals surface area contributed by atoms with Crippen molar-refractivity contribution < 1.29 is 19.0 Å². The predicted octanol–water partition coefficient (Wildman–Crippen LogP) is 3.56. The van der Waals surface area contributed by atoms with Gasteiger partial charge in [0.2, 0.25) is 5.95 Å². The lowest BCUT2D eigenvalue weighted by atomic mass is 9.95. The van der Waals surface area contributed by atoms with Gasteiger partial charge < -0.3 is 34.7 Å². The third-order valence-corrected chi connectivity index (χ3v) is 7.06. The number of H-pyrrole nitrogens is 1. The first-order valence-electron chi connectivity index (χ1n) is 12.8. The molecule has 4 heterocycles. The van der Waals surface area contributed by atoms with Crippen LogP contribution in [0.3, 0.4) is 0 Å². The minimum Gasteiger partial charge on any atom is -0.485 e. The number of nitriles is 1. The number of nitrogens with one attached hydrogen (secondary N) is 3. The summed E-state index contributed by atoms with van der Waals surface area (Å²) < 4.78 is 17.3. The number of morpholine rings is 1. The Morgan fingerprint density at radius 3 is 2.62 bits per heavy atom. The maximum Gasteiger partial charge on any atom is 0.257 e. The number of nitrogens with zero attached hydrogens (tertiary/aromatic N) is 4. The van der Waals surface area contributed by atoms with Crippen LogP contribution in [0.5, 0.6) is 11.5 Å². The van der Waals surface area contributed by atoms with Crippen LogP contribution in [0.25, 0.3) is 11.0 Å². The Labute approximate surface area is 214 Å². The van der Waals surface area contributed by atoms with Crippen LogP contribution >= 0.6 is 0 Å². The van der Waals surface area contributed by atoms with Crippen LogP contribution in [0.4, 0.5) is 17.5 Å². The number of hydrogen-bond donors (Lipinski definition) is 3. The standard InChI is InChI=1S/C26H29N7O4/c27-14-16-15-28-23-20(16)24(29-17-4-2-1-3-5-17)32-26(31-23)30-19-7-6-18(21-22(19)37-13-12-36-21)25(34)33-8-10-35-11-9-33/h6-7,15,17H,1-5,8-13H2,(H3,28,29,30,31,32). The molecule has 2 fully saturated rings. The minimum absolute atomic E-state index is 0.108. The van der Waals surface area contributed by atoms with Gasteiger partial charge in [0.15, 0.2) is 11.5 Å². The maximum atomic E-state index is 13.2. The molecule has 6 rings (SSSR count). The summed E-state index contributed by atoms with van der Waals surface area (Å²) in [5.74, 6) is 1.74. The van der Waals surface area contributed by atoms with Crippen molar-refractivity contribution in [1.82, 2.24) is 19.9 Å². The van der Waals surface area contributed by atoms with E-state index in [1.54, 1.807) is 23.2 Å². The zero-order chi connectivity index (χ0) is 25.2. The molecule has 0 spiro atoms. The molecule has 1 amide bonds. The van der Waals surface area contributed by atoms with E-state index in [0.717, 1.165) is 12.8 Å². The van der Waals surface area contributed by atoms with E-state index in [4.69, 9.17) is 19.2 Å². The Bertz CT molecular complexity index is 1350. The average molecular weight is 504 g/mol. The first kappa shape index (κ1) is 23.4. The molecular formula is C26H29N7O4. The molecule has 1 aliphatic carbocycles. The number of aromatic amines is 1. The molecule has 1 saturated carbocycles. The number of ether oxygens (including phenoxy) is 3. The van der Waals surface area contributed by atoms with Crippen LogP contribution in [0, 0.1) is 11.3 Å². The van der Waals surface area contributed by atoms with Crippen molar-refractivity contribution >= 4 is 34.4 Å². The van der Waals surface area contributed by atoms with Gasteiger partial charge in [-0.3, -0.25) is 4.79 Å². The van der Waals surface area contributed by atoms with Gasteiger partial charge in [-0.2, -0.15) is 15.2 Å². The Kier molecular flexibility index (Phi) is 6.40. The second-order valence-corrected chi connectivity index (χ2v) is 9.46. The number of fused-ring (bicyclic) bond motifs is 2. The topological polar surface area (TPSA) is 137 Å². The Morgan fingerprint density at radius 2 is 1.84 bits per heavy atom. The highest BCUT2D eigenvalue weighted by Gasteiger charge is 2.28. The lowest BCUT2D eigenvalue weighted by Crippen LogP contribution is -2.41. The van der Waals surface area contributed by atoms with Crippen LogP contribution in [0.15, 0.2) is 18.3 Å². The molecule has 2 aromatic heterocycles. The van der Waals surface area contributed by atoms with E-state index in [9.17, 15) is 10.1 Å². The van der Waals surface area contributed by atoms with E-state index in [2.05, 4.69) is 26.7 Å². The van der Waals surface area contributed by atoms with Gasteiger partial charge in [0, 0.05) is 25.3 Å². The molecule has 0 bridgehead atoms. The lowest BCUT2D eigenvalue weighted by Gasteiger charge is -2.29. The molecule has 3 N–H and O–H groups in total. The van der Waals surface area contributed by atoms with E-state index < -0.39 is 0 Å². The quantitative estimate of drug-likeness (QED) is 0.477. The Hall–Kier alpha value is -4.04. The van der Waals surface area contributed by atoms with Gasteiger partial charge in [-0.1, -0.05) is 19.3 Å². The minimum atomic E-state index is -0.108. The number of anilines is 3. The van der Waals surface area contributed by atoms with Gasteiger partial charge in [0.1, 0.15) is 30.7 Å². The number of carbonyl (C=O) groups is 1. The fourth-order valence-electron chi connectivity index (χ4n) is 5.18. The first-order valence-corrected chi connectivity index (χ1v) is 12.8. The van der Waals surface area contributed by atoms with Crippen LogP contribution < -0.4 is 20.1 Å². The van der Waals surface area contributed by atoms with Crippen molar-refractivity contribution in [2.24, 2.45) is 0 Å². The summed E-state index contributed by atoms with van der Waals surface area (Å²) in [7, 11) is 0. The molecule has 1 saturated heterocycles. The predicted molar refractivity (Wildman–Crippen MR) is 137 cm³/mol. The highest BCUT2D eigenvalue weighted by molar-refractivity contribution is 5.99. The lowest BCUT2D eigenvalue weighted by molar-refractivity contribution is 0.0298. The summed E-state index contributed by atoms with van der Waals surface area (Å²) in [4.78, 5) is 27.4. The first-order chi connectivity index (χ1) is 18.2. The van der Waals surface area contributed by atoms with Gasteiger partial charge in [-0.15, -0.1) is 0 Å². The number of hydrogen-bond acceptors (Lipinski definition) is 9. The summed E-state index contributed by atoms with van der Waals surface area (Å²) in [6.07, 6.45) is 7.38. The summed E-state index contributed by atoms with van der Waals surface area (Å²) in [6, 6.07) is 6.07. The highest BCUT2D eigenvalue weighted by Crippen LogP contribution is 2.42. The summed E-state index contributed by atoms with van der Waals surface area (Å²) in [5, 5.41) is 17.1. The molecule has 2 aliphatic heterocycles. The molecule has 192 valence electrons. The van der Waals surface area contributed by atoms with Gasteiger partial charge in [0.05, 0.1) is 35.4 Å². The van der Waals surface area contributed by atoms with Crippen molar-refractivity contribution in [2.45, 2.75) is 38.1 Å². The largest absolute Gasteiger partial charge is 0.485 e. The summed E-state index contributed by atoms with van der Waals surface area (Å²) >= 11 is 0. The van der Waals surface area contributed by atoms with E-state index in [0.29, 0.717) is 96.7 Å². The van der Waals surface area contributed by atoms with Gasteiger partial charge in [-0.25, -0.2) is 0 Å².